The maximum Gasteiger partial charge on any atom is 0.124 e. The van der Waals surface area contributed by atoms with Crippen LogP contribution in [0.15, 0.2) is 18.2 Å². The van der Waals surface area contributed by atoms with Gasteiger partial charge >= 0.3 is 0 Å². The van der Waals surface area contributed by atoms with E-state index in [1.165, 1.54) is 19.2 Å². The molecular weight excluding hydrogens is 231 g/mol. The molecule has 0 aliphatic heterocycles. The van der Waals surface area contributed by atoms with Crippen LogP contribution in [0.25, 0.3) is 0 Å². The van der Waals surface area contributed by atoms with Crippen LogP contribution in [-0.4, -0.2) is 24.4 Å². The van der Waals surface area contributed by atoms with E-state index < -0.39 is 5.60 Å². The number of aliphatic hydroxyl groups is 1. The van der Waals surface area contributed by atoms with E-state index in [0.29, 0.717) is 17.9 Å². The van der Waals surface area contributed by atoms with Crippen molar-refractivity contribution in [3.63, 3.8) is 0 Å². The summed E-state index contributed by atoms with van der Waals surface area (Å²) in [4.78, 5) is 0. The third kappa shape index (κ3) is 3.44. The molecule has 0 amide bonds. The Balaban J connectivity index is 2.85. The highest BCUT2D eigenvalue weighted by atomic mass is 35.5. The van der Waals surface area contributed by atoms with Gasteiger partial charge in [-0.3, -0.25) is 0 Å². The van der Waals surface area contributed by atoms with Gasteiger partial charge in [0, 0.05) is 18.6 Å². The average molecular weight is 247 g/mol. The highest BCUT2D eigenvalue weighted by molar-refractivity contribution is 6.31. The van der Waals surface area contributed by atoms with Gasteiger partial charge in [-0.05, 0) is 24.1 Å². The second kappa shape index (κ2) is 5.62. The maximum atomic E-state index is 12.8. The van der Waals surface area contributed by atoms with E-state index in [-0.39, 0.29) is 12.4 Å². The Kier molecular flexibility index (Phi) is 4.71. The highest BCUT2D eigenvalue weighted by Gasteiger charge is 2.26. The lowest BCUT2D eigenvalue weighted by molar-refractivity contribution is -0.0333. The molecule has 1 aromatic carbocycles. The first-order valence-electron chi connectivity index (χ1n) is 5.16. The molecule has 1 N–H and O–H groups in total. The van der Waals surface area contributed by atoms with Crippen LogP contribution in [-0.2, 0) is 11.2 Å². The van der Waals surface area contributed by atoms with Gasteiger partial charge < -0.3 is 9.84 Å². The first-order valence-corrected chi connectivity index (χ1v) is 5.54. The van der Waals surface area contributed by atoms with Gasteiger partial charge in [0.25, 0.3) is 0 Å². The fraction of sp³-hybridized carbons (Fsp3) is 0.500. The van der Waals surface area contributed by atoms with E-state index in [4.69, 9.17) is 16.3 Å². The van der Waals surface area contributed by atoms with E-state index in [1.54, 1.807) is 6.07 Å². The molecule has 0 spiro atoms. The number of methoxy groups -OCH3 is 1. The third-order valence-electron chi connectivity index (χ3n) is 2.61. The summed E-state index contributed by atoms with van der Waals surface area (Å²) in [6.45, 7) is 2.10. The maximum absolute atomic E-state index is 12.8. The summed E-state index contributed by atoms with van der Waals surface area (Å²) in [5, 5.41) is 10.5. The molecule has 1 unspecified atom stereocenters. The molecule has 0 heterocycles. The van der Waals surface area contributed by atoms with Gasteiger partial charge in [-0.15, -0.1) is 0 Å². The minimum absolute atomic E-state index is 0.233. The molecule has 0 fully saturated rings. The normalized spacial score (nSPS) is 14.8. The van der Waals surface area contributed by atoms with Crippen molar-refractivity contribution in [1.82, 2.24) is 0 Å². The topological polar surface area (TPSA) is 29.5 Å². The monoisotopic (exact) mass is 246 g/mol. The fourth-order valence-corrected chi connectivity index (χ4v) is 1.80. The first-order chi connectivity index (χ1) is 7.50. The summed E-state index contributed by atoms with van der Waals surface area (Å²) in [7, 11) is 1.53. The second-order valence-corrected chi connectivity index (χ2v) is 4.33. The molecule has 0 saturated heterocycles. The lowest BCUT2D eigenvalue weighted by Gasteiger charge is -2.26. The van der Waals surface area contributed by atoms with Gasteiger partial charge in [0.15, 0.2) is 0 Å². The van der Waals surface area contributed by atoms with Crippen molar-refractivity contribution in [2.24, 2.45) is 0 Å². The van der Waals surface area contributed by atoms with Crippen molar-refractivity contribution >= 4 is 11.6 Å². The van der Waals surface area contributed by atoms with Crippen LogP contribution in [0, 0.1) is 5.82 Å². The van der Waals surface area contributed by atoms with E-state index in [2.05, 4.69) is 0 Å². The Bertz CT molecular complexity index is 357. The predicted octanol–water partition coefficient (Wildman–Crippen LogP) is 2.81. The van der Waals surface area contributed by atoms with Crippen molar-refractivity contribution in [2.45, 2.75) is 25.4 Å². The highest BCUT2D eigenvalue weighted by Crippen LogP contribution is 2.24. The fourth-order valence-electron chi connectivity index (χ4n) is 1.57. The molecule has 4 heteroatoms. The molecule has 1 atom stereocenters. The molecule has 0 bridgehead atoms. The SMILES string of the molecule is CCC(O)(COC)Cc1ccc(F)cc1Cl. The van der Waals surface area contributed by atoms with Crippen molar-refractivity contribution in [1.29, 1.82) is 0 Å². The zero-order chi connectivity index (χ0) is 12.2. The van der Waals surface area contributed by atoms with Crippen LogP contribution < -0.4 is 0 Å². The largest absolute Gasteiger partial charge is 0.387 e. The van der Waals surface area contributed by atoms with E-state index in [0.717, 1.165) is 5.56 Å². The quantitative estimate of drug-likeness (QED) is 0.866. The van der Waals surface area contributed by atoms with Crippen LogP contribution in [0.3, 0.4) is 0 Å². The van der Waals surface area contributed by atoms with Crippen molar-refractivity contribution in [3.8, 4) is 0 Å². The smallest absolute Gasteiger partial charge is 0.124 e. The van der Waals surface area contributed by atoms with Crippen LogP contribution >= 0.6 is 11.6 Å². The number of benzene rings is 1. The Morgan fingerprint density at radius 2 is 2.19 bits per heavy atom. The summed E-state index contributed by atoms with van der Waals surface area (Å²) in [5.74, 6) is -0.375. The molecule has 16 heavy (non-hydrogen) atoms. The molecule has 0 saturated carbocycles. The summed E-state index contributed by atoms with van der Waals surface area (Å²) >= 11 is 5.90. The van der Waals surface area contributed by atoms with Gasteiger partial charge in [-0.25, -0.2) is 4.39 Å². The molecule has 1 rings (SSSR count). The summed E-state index contributed by atoms with van der Waals surface area (Å²) in [6.07, 6.45) is 0.908. The number of rotatable bonds is 5. The molecule has 0 aliphatic carbocycles. The minimum atomic E-state index is -0.948. The first kappa shape index (κ1) is 13.4. The molecule has 2 nitrogen and oxygen atoms in total. The van der Waals surface area contributed by atoms with Gasteiger partial charge in [-0.1, -0.05) is 24.6 Å². The predicted molar refractivity (Wildman–Crippen MR) is 62.2 cm³/mol. The van der Waals surface area contributed by atoms with Crippen molar-refractivity contribution < 1.29 is 14.2 Å². The molecule has 90 valence electrons. The van der Waals surface area contributed by atoms with Gasteiger partial charge in [0.05, 0.1) is 12.2 Å². The second-order valence-electron chi connectivity index (χ2n) is 3.92. The zero-order valence-electron chi connectivity index (χ0n) is 9.46. The van der Waals surface area contributed by atoms with E-state index >= 15 is 0 Å². The average Bonchev–Trinajstić information content (AvgIpc) is 2.23. The summed E-state index contributed by atoms with van der Waals surface area (Å²) in [5.41, 5.74) is -0.222. The van der Waals surface area contributed by atoms with E-state index in [1.807, 2.05) is 6.92 Å². The van der Waals surface area contributed by atoms with Crippen LogP contribution in [0.4, 0.5) is 4.39 Å². The lowest BCUT2D eigenvalue weighted by atomic mass is 9.93. The van der Waals surface area contributed by atoms with Crippen LogP contribution in [0.5, 0.6) is 0 Å². The number of halogens is 2. The molecular formula is C12H16ClFO2. The zero-order valence-corrected chi connectivity index (χ0v) is 10.2. The Hall–Kier alpha value is -0.640. The van der Waals surface area contributed by atoms with Crippen LogP contribution in [0.1, 0.15) is 18.9 Å². The van der Waals surface area contributed by atoms with Crippen LogP contribution in [0.2, 0.25) is 5.02 Å². The Morgan fingerprint density at radius 1 is 1.50 bits per heavy atom. The Labute approximate surface area is 100.0 Å². The van der Waals surface area contributed by atoms with Gasteiger partial charge in [-0.2, -0.15) is 0 Å². The minimum Gasteiger partial charge on any atom is -0.387 e. The standard InChI is InChI=1S/C12H16ClFO2/c1-3-12(15,8-16-2)7-9-4-5-10(14)6-11(9)13/h4-6,15H,3,7-8H2,1-2H3. The number of hydrogen-bond donors (Lipinski definition) is 1. The number of hydrogen-bond acceptors (Lipinski definition) is 2. The van der Waals surface area contributed by atoms with Crippen molar-refractivity contribution in [2.75, 3.05) is 13.7 Å². The lowest BCUT2D eigenvalue weighted by Crippen LogP contribution is -2.36. The van der Waals surface area contributed by atoms with Gasteiger partial charge in [0.2, 0.25) is 0 Å². The summed E-state index contributed by atoms with van der Waals surface area (Å²) < 4.78 is 17.8. The molecule has 0 radical (unpaired) electrons. The van der Waals surface area contributed by atoms with E-state index in [9.17, 15) is 9.50 Å². The molecule has 0 aliphatic rings. The molecule has 1 aromatic rings. The van der Waals surface area contributed by atoms with Gasteiger partial charge in [0.1, 0.15) is 5.82 Å². The number of ether oxygens (including phenoxy) is 1. The Morgan fingerprint density at radius 3 is 2.69 bits per heavy atom. The molecule has 0 aromatic heterocycles. The summed E-state index contributed by atoms with van der Waals surface area (Å²) in [6, 6.07) is 4.18. The third-order valence-corrected chi connectivity index (χ3v) is 2.96. The van der Waals surface area contributed by atoms with Crippen molar-refractivity contribution in [3.05, 3.63) is 34.6 Å².